The third-order valence-electron chi connectivity index (χ3n) is 10.8. The number of aromatic nitrogens is 1. The molecule has 5 rings (SSSR count). The molecule has 1 atom stereocenters. The molecule has 0 bridgehead atoms. The highest BCUT2D eigenvalue weighted by Gasteiger charge is 2.36. The van der Waals surface area contributed by atoms with Gasteiger partial charge in [0.25, 0.3) is 0 Å². The van der Waals surface area contributed by atoms with E-state index in [1.165, 1.54) is 45.0 Å². The number of aryl methyl sites for hydroxylation is 1. The van der Waals surface area contributed by atoms with E-state index in [-0.39, 0.29) is 15.8 Å². The van der Waals surface area contributed by atoms with E-state index in [2.05, 4.69) is 230 Å². The minimum Gasteiger partial charge on any atom is -0.380 e. The molecular weight excluding hydrogens is 731 g/mol. The van der Waals surface area contributed by atoms with Gasteiger partial charge in [-0.05, 0) is 88.2 Å². The van der Waals surface area contributed by atoms with E-state index >= 15 is 0 Å². The zero-order chi connectivity index (χ0) is 42.7. The summed E-state index contributed by atoms with van der Waals surface area (Å²) in [4.78, 5) is 11.8. The van der Waals surface area contributed by atoms with E-state index in [4.69, 9.17) is 4.98 Å². The Morgan fingerprint density at radius 3 is 1.68 bits per heavy atom. The summed E-state index contributed by atoms with van der Waals surface area (Å²) in [5, 5.41) is 0.703. The van der Waals surface area contributed by atoms with Crippen molar-refractivity contribution in [2.75, 3.05) is 46.2 Å². The topological polar surface area (TPSA) is 22.6 Å². The number of allylic oxidation sites excluding steroid dienone is 1. The molecule has 0 saturated heterocycles. The fraction of sp³-hybridized carbons (Fsp3) is 0.510. The first-order chi connectivity index (χ1) is 26.7. The maximum Gasteiger partial charge on any atom is 0.0547 e. The lowest BCUT2D eigenvalue weighted by Gasteiger charge is -2.41. The summed E-state index contributed by atoms with van der Waals surface area (Å²) < 4.78 is 0. The van der Waals surface area contributed by atoms with Crippen molar-refractivity contribution in [2.24, 2.45) is 0 Å². The number of anilines is 1. The molecule has 1 aliphatic rings. The first-order valence-corrected chi connectivity index (χ1v) is 24.3. The Morgan fingerprint density at radius 1 is 0.632 bits per heavy atom. The van der Waals surface area contributed by atoms with E-state index in [9.17, 15) is 0 Å². The Hall–Kier alpha value is -3.03. The molecular formula is C51H78N4P2. The van der Waals surface area contributed by atoms with Crippen molar-refractivity contribution in [3.63, 3.8) is 0 Å². The molecule has 57 heavy (non-hydrogen) atoms. The lowest BCUT2D eigenvalue weighted by molar-refractivity contribution is 0.292. The van der Waals surface area contributed by atoms with Gasteiger partial charge in [0.15, 0.2) is 0 Å². The van der Waals surface area contributed by atoms with Gasteiger partial charge in [0, 0.05) is 69.2 Å². The van der Waals surface area contributed by atoms with Crippen molar-refractivity contribution < 1.29 is 0 Å². The van der Waals surface area contributed by atoms with Crippen molar-refractivity contribution >= 4 is 27.6 Å². The van der Waals surface area contributed by atoms with Crippen LogP contribution in [0.5, 0.6) is 0 Å². The zero-order valence-electron chi connectivity index (χ0n) is 39.0. The van der Waals surface area contributed by atoms with Gasteiger partial charge in [0.05, 0.1) is 5.69 Å². The van der Waals surface area contributed by atoms with Crippen LogP contribution in [0.15, 0.2) is 96.7 Å². The van der Waals surface area contributed by atoms with Crippen LogP contribution in [0.4, 0.5) is 5.69 Å². The Labute approximate surface area is 353 Å². The van der Waals surface area contributed by atoms with Crippen LogP contribution in [0.1, 0.15) is 117 Å². The smallest absolute Gasteiger partial charge is 0.0547 e. The number of pyridine rings is 1. The van der Waals surface area contributed by atoms with Gasteiger partial charge >= 0.3 is 0 Å². The number of nitrogens with zero attached hydrogens (tertiary/aromatic N) is 4. The first kappa shape index (κ1) is 48.3. The summed E-state index contributed by atoms with van der Waals surface area (Å²) in [6, 6.07) is 32.5. The predicted molar refractivity (Wildman–Crippen MR) is 260 cm³/mol. The molecule has 312 valence electrons. The monoisotopic (exact) mass is 809 g/mol. The second-order valence-corrected chi connectivity index (χ2v) is 25.7. The molecule has 3 aromatic carbocycles. The Bertz CT molecular complexity index is 1820. The molecule has 0 N–H and O–H groups in total. The maximum absolute atomic E-state index is 4.95. The van der Waals surface area contributed by atoms with Gasteiger partial charge in [-0.2, -0.15) is 0 Å². The van der Waals surface area contributed by atoms with E-state index in [1.807, 2.05) is 0 Å². The molecule has 1 heterocycles. The van der Waals surface area contributed by atoms with Gasteiger partial charge in [-0.15, -0.1) is 0 Å². The third kappa shape index (κ3) is 13.8. The van der Waals surface area contributed by atoms with Gasteiger partial charge in [0.1, 0.15) is 0 Å². The molecule has 0 amide bonds. The highest BCUT2D eigenvalue weighted by Crippen LogP contribution is 2.64. The van der Waals surface area contributed by atoms with Crippen LogP contribution in [-0.4, -0.2) is 77.7 Å². The van der Waals surface area contributed by atoms with Crippen molar-refractivity contribution in [2.45, 2.75) is 130 Å². The predicted octanol–water partition coefficient (Wildman–Crippen LogP) is 14.2. The maximum atomic E-state index is 4.95. The van der Waals surface area contributed by atoms with Gasteiger partial charge in [-0.25, -0.2) is 0 Å². The minimum atomic E-state index is -0.135. The van der Waals surface area contributed by atoms with Crippen LogP contribution in [0, 0.1) is 6.92 Å². The van der Waals surface area contributed by atoms with E-state index in [0.29, 0.717) is 16.0 Å². The first-order valence-electron chi connectivity index (χ1n) is 21.2. The molecule has 0 saturated carbocycles. The molecule has 4 aromatic rings. The molecule has 4 nitrogen and oxygen atoms in total. The summed E-state index contributed by atoms with van der Waals surface area (Å²) in [6.45, 7) is 33.5. The van der Waals surface area contributed by atoms with Crippen LogP contribution in [0.25, 0.3) is 17.2 Å². The molecule has 0 radical (unpaired) electrons. The van der Waals surface area contributed by atoms with Crippen LogP contribution in [0.3, 0.4) is 0 Å². The van der Waals surface area contributed by atoms with Gasteiger partial charge in [0.2, 0.25) is 0 Å². The summed E-state index contributed by atoms with van der Waals surface area (Å²) in [6.07, 6.45) is 3.51. The number of para-hydroxylation sites is 1. The number of hydrogen-bond acceptors (Lipinski definition) is 4. The van der Waals surface area contributed by atoms with Crippen molar-refractivity contribution in [1.29, 1.82) is 0 Å². The third-order valence-corrected chi connectivity index (χ3v) is 18.2. The average Bonchev–Trinajstić information content (AvgIpc) is 3.52. The standard InChI is InChI=1S/C19H35N2P.C17H26NP.C15H17N/c1-9-21(10-2)14-16-12-11-13-17(20-16)15-22(18(3,4)5)19(6,7)8;1-12(2)19(13(3)4)17-15-10-8-7-9-14(15)11-16(17)18(5)6;1-12-8-4-5-9-13(12)14-10-6-7-11-15(14)16(2)3/h11-13H,9-10,14-15H2,1-8H3;7-13,17H,1-6H3;4-11H,1-3H3. The highest BCUT2D eigenvalue weighted by molar-refractivity contribution is 7.60. The van der Waals surface area contributed by atoms with Crippen LogP contribution >= 0.6 is 15.8 Å². The van der Waals surface area contributed by atoms with Gasteiger partial charge < -0.3 is 9.80 Å². The van der Waals surface area contributed by atoms with Crippen LogP contribution in [0.2, 0.25) is 0 Å². The van der Waals surface area contributed by atoms with Gasteiger partial charge in [-0.1, -0.05) is 172 Å². The van der Waals surface area contributed by atoms with Crippen molar-refractivity contribution in [1.82, 2.24) is 14.8 Å². The lowest BCUT2D eigenvalue weighted by Crippen LogP contribution is -2.26. The van der Waals surface area contributed by atoms with Gasteiger partial charge in [-0.3, -0.25) is 9.88 Å². The van der Waals surface area contributed by atoms with E-state index < -0.39 is 0 Å². The Morgan fingerprint density at radius 2 is 1.16 bits per heavy atom. The molecule has 0 fully saturated rings. The second-order valence-electron chi connectivity index (χ2n) is 18.4. The SMILES string of the molecule is CC(C)P(C(C)C)C1C(N(C)C)=Cc2ccccc21.CCN(CC)Cc1cccc(CP(C(C)(C)C)C(C)(C)C)n1.Cc1ccccc1-c1ccccc1N(C)C. The number of fused-ring (bicyclic) bond motifs is 1. The number of hydrogen-bond donors (Lipinski definition) is 0. The molecule has 1 aromatic heterocycles. The van der Waals surface area contributed by atoms with E-state index in [0.717, 1.165) is 37.1 Å². The Balaban J connectivity index is 0.000000232. The molecule has 1 aliphatic carbocycles. The fourth-order valence-electron chi connectivity index (χ4n) is 8.16. The molecule has 6 heteroatoms. The van der Waals surface area contributed by atoms with Crippen LogP contribution in [-0.2, 0) is 12.7 Å². The Kier molecular flexibility index (Phi) is 18.5. The van der Waals surface area contributed by atoms with Crippen molar-refractivity contribution in [3.8, 4) is 11.1 Å². The molecule has 0 spiro atoms. The summed E-state index contributed by atoms with van der Waals surface area (Å²) >= 11 is 0. The van der Waals surface area contributed by atoms with E-state index in [1.54, 1.807) is 5.56 Å². The fourth-order valence-corrected chi connectivity index (χ4v) is 15.2. The normalized spacial score (nSPS) is 14.0. The quantitative estimate of drug-likeness (QED) is 0.133. The highest BCUT2D eigenvalue weighted by atomic mass is 31.1. The largest absolute Gasteiger partial charge is 0.380 e. The second kappa shape index (κ2) is 21.8. The minimum absolute atomic E-state index is 0.0481. The number of rotatable bonds is 12. The summed E-state index contributed by atoms with van der Waals surface area (Å²) in [7, 11) is 8.34. The molecule has 1 unspecified atom stereocenters. The average molecular weight is 809 g/mol. The van der Waals surface area contributed by atoms with Crippen molar-refractivity contribution in [3.05, 3.63) is 125 Å². The number of benzene rings is 3. The number of likely N-dealkylation sites (N-methyl/N-ethyl adjacent to an activating group) is 1. The summed E-state index contributed by atoms with van der Waals surface area (Å²) in [5.74, 6) is 0. The zero-order valence-corrected chi connectivity index (χ0v) is 40.8. The van der Waals surface area contributed by atoms with Crippen LogP contribution < -0.4 is 4.90 Å². The molecule has 0 aliphatic heterocycles. The lowest BCUT2D eigenvalue weighted by atomic mass is 9.99. The summed E-state index contributed by atoms with van der Waals surface area (Å²) in [5.41, 5.74) is 14.2.